The van der Waals surface area contributed by atoms with Crippen molar-refractivity contribution in [2.24, 2.45) is 7.05 Å². The molecule has 7 nitrogen and oxygen atoms in total. The maximum atomic E-state index is 12.9. The van der Waals surface area contributed by atoms with Gasteiger partial charge in [0.25, 0.3) is 0 Å². The Labute approximate surface area is 145 Å². The van der Waals surface area contributed by atoms with Gasteiger partial charge in [-0.25, -0.2) is 0 Å². The van der Waals surface area contributed by atoms with Gasteiger partial charge in [-0.05, 0) is 25.5 Å². The number of benzene rings is 1. The van der Waals surface area contributed by atoms with Gasteiger partial charge >= 0.3 is 0 Å². The van der Waals surface area contributed by atoms with Gasteiger partial charge in [0, 0.05) is 19.3 Å². The van der Waals surface area contributed by atoms with Gasteiger partial charge in [-0.2, -0.15) is 5.10 Å². The van der Waals surface area contributed by atoms with Gasteiger partial charge in [0.1, 0.15) is 11.7 Å². The average Bonchev–Trinajstić information content (AvgIpc) is 3.17. The number of carbonyl (C=O) groups excluding carboxylic acids is 1. The Kier molecular flexibility index (Phi) is 3.63. The number of fused-ring (bicyclic) bond motifs is 1. The maximum absolute atomic E-state index is 12.9. The summed E-state index contributed by atoms with van der Waals surface area (Å²) in [7, 11) is 1.89. The van der Waals surface area contributed by atoms with Crippen LogP contribution >= 0.6 is 0 Å². The first kappa shape index (κ1) is 15.6. The molecule has 0 fully saturated rings. The van der Waals surface area contributed by atoms with Crippen LogP contribution in [0.1, 0.15) is 30.0 Å². The minimum atomic E-state index is -0.347. The molecule has 7 heteroatoms. The van der Waals surface area contributed by atoms with Gasteiger partial charge in [0.2, 0.25) is 5.91 Å². The molecular formula is C18H20N6O. The van der Waals surface area contributed by atoms with Crippen molar-refractivity contribution in [1.82, 2.24) is 29.4 Å². The van der Waals surface area contributed by atoms with Gasteiger partial charge < -0.3 is 4.90 Å². The van der Waals surface area contributed by atoms with Crippen molar-refractivity contribution in [1.29, 1.82) is 0 Å². The summed E-state index contributed by atoms with van der Waals surface area (Å²) in [6, 6.07) is 11.6. The van der Waals surface area contributed by atoms with Crippen LogP contribution in [0.5, 0.6) is 0 Å². The molecule has 0 saturated carbocycles. The lowest BCUT2D eigenvalue weighted by molar-refractivity contribution is -0.137. The molecule has 1 aliphatic rings. The second-order valence-electron chi connectivity index (χ2n) is 6.46. The van der Waals surface area contributed by atoms with Gasteiger partial charge in [0.05, 0.1) is 6.54 Å². The highest BCUT2D eigenvalue weighted by Gasteiger charge is 2.34. The topological polar surface area (TPSA) is 68.8 Å². The van der Waals surface area contributed by atoms with E-state index >= 15 is 0 Å². The first-order valence-corrected chi connectivity index (χ1v) is 8.32. The molecule has 0 bridgehead atoms. The molecule has 4 rings (SSSR count). The van der Waals surface area contributed by atoms with E-state index in [4.69, 9.17) is 0 Å². The molecule has 0 aliphatic carbocycles. The van der Waals surface area contributed by atoms with Crippen molar-refractivity contribution in [3.05, 3.63) is 53.5 Å². The third kappa shape index (κ3) is 2.61. The first-order chi connectivity index (χ1) is 12.0. The van der Waals surface area contributed by atoms with E-state index in [0.29, 0.717) is 18.9 Å². The molecule has 0 unspecified atom stereocenters. The molecule has 128 valence electrons. The quantitative estimate of drug-likeness (QED) is 0.734. The fraction of sp³-hybridized carbons (Fsp3) is 0.333. The number of hydrogen-bond donors (Lipinski definition) is 0. The molecule has 0 N–H and O–H groups in total. The lowest BCUT2D eigenvalue weighted by Crippen LogP contribution is -2.41. The van der Waals surface area contributed by atoms with Crippen LogP contribution in [0.4, 0.5) is 0 Å². The zero-order valence-corrected chi connectivity index (χ0v) is 14.5. The molecular weight excluding hydrogens is 316 g/mol. The van der Waals surface area contributed by atoms with E-state index in [9.17, 15) is 4.79 Å². The third-order valence-electron chi connectivity index (χ3n) is 4.71. The van der Waals surface area contributed by atoms with E-state index in [0.717, 1.165) is 22.8 Å². The van der Waals surface area contributed by atoms with Crippen LogP contribution in [0.25, 0.3) is 11.5 Å². The molecule has 1 aromatic carbocycles. The summed E-state index contributed by atoms with van der Waals surface area (Å²) in [4.78, 5) is 14.7. The Bertz CT molecular complexity index is 907. The second kappa shape index (κ2) is 5.84. The summed E-state index contributed by atoms with van der Waals surface area (Å²) < 4.78 is 3.71. The second-order valence-corrected chi connectivity index (χ2v) is 6.46. The highest BCUT2D eigenvalue weighted by Crippen LogP contribution is 2.28. The van der Waals surface area contributed by atoms with Crippen molar-refractivity contribution in [3.63, 3.8) is 0 Å². The van der Waals surface area contributed by atoms with Crippen molar-refractivity contribution >= 4 is 5.91 Å². The summed E-state index contributed by atoms with van der Waals surface area (Å²) in [5.41, 5.74) is 2.89. The highest BCUT2D eigenvalue weighted by molar-refractivity contribution is 5.81. The van der Waals surface area contributed by atoms with Gasteiger partial charge in [-0.1, -0.05) is 30.3 Å². The number of aromatic nitrogens is 5. The standard InChI is InChI=1S/C18H20N6O/c1-12-9-15(21-22(12)3)17-20-19-16-11-23(18(25)13(2)24(16)17)10-14-7-5-4-6-8-14/h4-9,13H,10-11H2,1-3H3/t13-/m1/s1. The number of nitrogens with zero attached hydrogens (tertiary/aromatic N) is 6. The van der Waals surface area contributed by atoms with Crippen molar-refractivity contribution < 1.29 is 4.79 Å². The average molecular weight is 336 g/mol. The Hall–Kier alpha value is -2.96. The predicted molar refractivity (Wildman–Crippen MR) is 92.4 cm³/mol. The van der Waals surface area contributed by atoms with Crippen LogP contribution in [0.15, 0.2) is 36.4 Å². The molecule has 1 aliphatic heterocycles. The fourth-order valence-electron chi connectivity index (χ4n) is 3.24. The van der Waals surface area contributed by atoms with Gasteiger partial charge in [0.15, 0.2) is 11.6 Å². The monoisotopic (exact) mass is 336 g/mol. The van der Waals surface area contributed by atoms with Crippen LogP contribution in [-0.2, 0) is 24.9 Å². The van der Waals surface area contributed by atoms with E-state index in [1.165, 1.54) is 0 Å². The third-order valence-corrected chi connectivity index (χ3v) is 4.71. The largest absolute Gasteiger partial charge is 0.329 e. The minimum Gasteiger partial charge on any atom is -0.329 e. The lowest BCUT2D eigenvalue weighted by Gasteiger charge is -2.32. The fourth-order valence-corrected chi connectivity index (χ4v) is 3.24. The van der Waals surface area contributed by atoms with E-state index in [2.05, 4.69) is 15.3 Å². The SMILES string of the molecule is Cc1cc(-c2nnc3n2[C@H](C)C(=O)N(Cc2ccccc2)C3)nn1C. The molecule has 0 spiro atoms. The van der Waals surface area contributed by atoms with Gasteiger partial charge in [-0.15, -0.1) is 10.2 Å². The van der Waals surface area contributed by atoms with Crippen molar-refractivity contribution in [3.8, 4) is 11.5 Å². The molecule has 1 atom stereocenters. The number of hydrogen-bond acceptors (Lipinski definition) is 4. The van der Waals surface area contributed by atoms with Crippen molar-refractivity contribution in [2.75, 3.05) is 0 Å². The Balaban J connectivity index is 1.67. The van der Waals surface area contributed by atoms with E-state index < -0.39 is 0 Å². The molecule has 1 amide bonds. The lowest BCUT2D eigenvalue weighted by atomic mass is 10.1. The molecule has 0 saturated heterocycles. The summed E-state index contributed by atoms with van der Waals surface area (Å²) in [5.74, 6) is 1.52. The molecule has 2 aromatic heterocycles. The minimum absolute atomic E-state index is 0.0741. The molecule has 0 radical (unpaired) electrons. The molecule has 3 heterocycles. The Morgan fingerprint density at radius 2 is 1.96 bits per heavy atom. The summed E-state index contributed by atoms with van der Waals surface area (Å²) in [6.07, 6.45) is 0. The van der Waals surface area contributed by atoms with E-state index in [-0.39, 0.29) is 11.9 Å². The first-order valence-electron chi connectivity index (χ1n) is 8.32. The molecule has 3 aromatic rings. The van der Waals surface area contributed by atoms with Gasteiger partial charge in [-0.3, -0.25) is 14.0 Å². The van der Waals surface area contributed by atoms with Crippen LogP contribution in [0.2, 0.25) is 0 Å². The summed E-state index contributed by atoms with van der Waals surface area (Å²) in [5, 5.41) is 13.1. The van der Waals surface area contributed by atoms with Crippen LogP contribution in [0.3, 0.4) is 0 Å². The predicted octanol–water partition coefficient (Wildman–Crippen LogP) is 2.09. The van der Waals surface area contributed by atoms with Crippen LogP contribution in [0, 0.1) is 6.92 Å². The number of amides is 1. The normalized spacial score (nSPS) is 17.0. The smallest absolute Gasteiger partial charge is 0.246 e. The van der Waals surface area contributed by atoms with Crippen molar-refractivity contribution in [2.45, 2.75) is 33.0 Å². The number of carbonyl (C=O) groups is 1. The summed E-state index contributed by atoms with van der Waals surface area (Å²) >= 11 is 0. The Morgan fingerprint density at radius 1 is 1.20 bits per heavy atom. The highest BCUT2D eigenvalue weighted by atomic mass is 16.2. The van der Waals surface area contributed by atoms with E-state index in [1.807, 2.05) is 66.8 Å². The molecule has 25 heavy (non-hydrogen) atoms. The maximum Gasteiger partial charge on any atom is 0.246 e. The van der Waals surface area contributed by atoms with Crippen LogP contribution in [-0.4, -0.2) is 35.4 Å². The number of rotatable bonds is 3. The Morgan fingerprint density at radius 3 is 2.64 bits per heavy atom. The van der Waals surface area contributed by atoms with E-state index in [1.54, 1.807) is 4.68 Å². The zero-order chi connectivity index (χ0) is 17.6. The zero-order valence-electron chi connectivity index (χ0n) is 14.5. The number of aryl methyl sites for hydroxylation is 2. The summed E-state index contributed by atoms with van der Waals surface area (Å²) in [6.45, 7) is 4.91. The van der Waals surface area contributed by atoms with Crippen LogP contribution < -0.4 is 0 Å².